The zero-order valence-corrected chi connectivity index (χ0v) is 15.2. The van der Waals surface area contributed by atoms with Crippen molar-refractivity contribution in [3.8, 4) is 11.5 Å². The molecule has 0 radical (unpaired) electrons. The van der Waals surface area contributed by atoms with Crippen LogP contribution in [0, 0.1) is 0 Å². The number of imidazole rings is 1. The molecular formula is C19H17N5O4. The smallest absolute Gasteiger partial charge is 0.337 e. The molecule has 28 heavy (non-hydrogen) atoms. The lowest BCUT2D eigenvalue weighted by Crippen LogP contribution is -2.07. The normalized spacial score (nSPS) is 10.9. The number of ether oxygens (including phenoxy) is 2. The molecule has 3 heterocycles. The number of carboxylic acids is 1. The quantitative estimate of drug-likeness (QED) is 0.526. The summed E-state index contributed by atoms with van der Waals surface area (Å²) in [6.07, 6.45) is 4.55. The van der Waals surface area contributed by atoms with Crippen molar-refractivity contribution in [3.05, 3.63) is 54.1 Å². The average Bonchev–Trinajstić information content (AvgIpc) is 3.21. The van der Waals surface area contributed by atoms with E-state index in [9.17, 15) is 9.90 Å². The summed E-state index contributed by atoms with van der Waals surface area (Å²) >= 11 is 0. The third-order valence-corrected chi connectivity index (χ3v) is 4.39. The molecule has 0 bridgehead atoms. The molecule has 4 rings (SSSR count). The third-order valence-electron chi connectivity index (χ3n) is 4.39. The fourth-order valence-electron chi connectivity index (χ4n) is 2.96. The molecule has 0 saturated heterocycles. The Morgan fingerprint density at radius 1 is 1.18 bits per heavy atom. The number of nitrogens with one attached hydrogen (secondary N) is 1. The van der Waals surface area contributed by atoms with Crippen molar-refractivity contribution in [2.45, 2.75) is 6.54 Å². The lowest BCUT2D eigenvalue weighted by molar-refractivity contribution is 0.0696. The van der Waals surface area contributed by atoms with Crippen LogP contribution in [0.15, 0.2) is 43.0 Å². The number of hydrogen-bond acceptors (Lipinski definition) is 7. The predicted octanol–water partition coefficient (Wildman–Crippen LogP) is 2.61. The Labute approximate surface area is 159 Å². The van der Waals surface area contributed by atoms with Gasteiger partial charge in [-0.3, -0.25) is 4.40 Å². The summed E-state index contributed by atoms with van der Waals surface area (Å²) in [6, 6.07) is 7.12. The highest BCUT2D eigenvalue weighted by Gasteiger charge is 2.13. The van der Waals surface area contributed by atoms with Crippen LogP contribution in [0.25, 0.3) is 16.7 Å². The zero-order chi connectivity index (χ0) is 19.7. The van der Waals surface area contributed by atoms with Gasteiger partial charge in [0.2, 0.25) is 0 Å². The predicted molar refractivity (Wildman–Crippen MR) is 102 cm³/mol. The van der Waals surface area contributed by atoms with E-state index in [1.807, 2.05) is 18.2 Å². The molecule has 0 spiro atoms. The number of methoxy groups -OCH3 is 2. The van der Waals surface area contributed by atoms with Gasteiger partial charge in [-0.15, -0.1) is 0 Å². The third kappa shape index (κ3) is 3.02. The van der Waals surface area contributed by atoms with Gasteiger partial charge in [0.05, 0.1) is 37.8 Å². The van der Waals surface area contributed by atoms with E-state index in [4.69, 9.17) is 9.47 Å². The maximum absolute atomic E-state index is 11.2. The molecule has 9 nitrogen and oxygen atoms in total. The minimum atomic E-state index is -1.04. The van der Waals surface area contributed by atoms with Gasteiger partial charge < -0.3 is 19.9 Å². The Hall–Kier alpha value is -3.88. The van der Waals surface area contributed by atoms with Gasteiger partial charge in [0.1, 0.15) is 17.0 Å². The standard InChI is InChI=1S/C19H17N5O4/c1-27-13-4-3-11(16(6-13)28-2)7-21-18-15-9-20-10-24(15)14-5-12(19(25)26)8-22-17(14)23-18/h3-6,8-10H,7H2,1-2H3,(H,25,26)(H,21,22,23). The Bertz CT molecular complexity index is 1190. The van der Waals surface area contributed by atoms with Crippen LogP contribution in [0.3, 0.4) is 0 Å². The summed E-state index contributed by atoms with van der Waals surface area (Å²) < 4.78 is 12.4. The highest BCUT2D eigenvalue weighted by molar-refractivity contribution is 5.92. The van der Waals surface area contributed by atoms with E-state index >= 15 is 0 Å². The first-order valence-electron chi connectivity index (χ1n) is 8.40. The summed E-state index contributed by atoms with van der Waals surface area (Å²) in [5.41, 5.74) is 2.72. The molecule has 0 fully saturated rings. The van der Waals surface area contributed by atoms with Gasteiger partial charge >= 0.3 is 5.97 Å². The molecule has 142 valence electrons. The monoisotopic (exact) mass is 379 g/mol. The second-order valence-electron chi connectivity index (χ2n) is 6.01. The maximum Gasteiger partial charge on any atom is 0.337 e. The number of fused-ring (bicyclic) bond motifs is 3. The molecule has 3 aromatic heterocycles. The van der Waals surface area contributed by atoms with Crippen molar-refractivity contribution in [2.24, 2.45) is 0 Å². The molecule has 0 aliphatic rings. The van der Waals surface area contributed by atoms with Crippen LogP contribution in [-0.2, 0) is 6.54 Å². The van der Waals surface area contributed by atoms with Crippen molar-refractivity contribution in [1.29, 1.82) is 0 Å². The number of carbonyl (C=O) groups is 1. The van der Waals surface area contributed by atoms with Crippen LogP contribution < -0.4 is 14.8 Å². The number of benzene rings is 1. The Morgan fingerprint density at radius 3 is 2.79 bits per heavy atom. The molecule has 0 atom stereocenters. The highest BCUT2D eigenvalue weighted by atomic mass is 16.5. The van der Waals surface area contributed by atoms with Gasteiger partial charge in [-0.2, -0.15) is 0 Å². The molecule has 2 N–H and O–H groups in total. The van der Waals surface area contributed by atoms with Crippen LogP contribution in [0.2, 0.25) is 0 Å². The molecule has 4 aromatic rings. The Morgan fingerprint density at radius 2 is 2.04 bits per heavy atom. The fraction of sp³-hybridized carbons (Fsp3) is 0.158. The topological polar surface area (TPSA) is 111 Å². The lowest BCUT2D eigenvalue weighted by atomic mass is 10.2. The first-order valence-corrected chi connectivity index (χ1v) is 8.40. The summed E-state index contributed by atoms with van der Waals surface area (Å²) in [4.78, 5) is 24.1. The average molecular weight is 379 g/mol. The van der Waals surface area contributed by atoms with Crippen LogP contribution in [0.5, 0.6) is 11.5 Å². The van der Waals surface area contributed by atoms with Gasteiger partial charge in [0.15, 0.2) is 11.5 Å². The molecule has 0 amide bonds. The Balaban J connectivity index is 1.72. The number of anilines is 1. The van der Waals surface area contributed by atoms with Gasteiger partial charge in [0, 0.05) is 24.4 Å². The van der Waals surface area contributed by atoms with E-state index in [0.717, 1.165) is 5.56 Å². The van der Waals surface area contributed by atoms with Gasteiger partial charge in [-0.25, -0.2) is 19.7 Å². The molecular weight excluding hydrogens is 362 g/mol. The largest absolute Gasteiger partial charge is 0.497 e. The number of aromatic nitrogens is 4. The molecule has 0 aliphatic heterocycles. The summed E-state index contributed by atoms with van der Waals surface area (Å²) in [6.45, 7) is 0.458. The first-order chi connectivity index (χ1) is 13.6. The van der Waals surface area contributed by atoms with Crippen molar-refractivity contribution in [2.75, 3.05) is 19.5 Å². The SMILES string of the molecule is COc1ccc(CNc2nc3ncc(C(=O)O)cc3n3cncc23)c(OC)c1. The number of rotatable bonds is 6. The molecule has 1 aromatic carbocycles. The molecule has 0 aliphatic carbocycles. The van der Waals surface area contributed by atoms with E-state index in [-0.39, 0.29) is 5.56 Å². The van der Waals surface area contributed by atoms with E-state index < -0.39 is 5.97 Å². The summed E-state index contributed by atoms with van der Waals surface area (Å²) in [5, 5.41) is 12.5. The van der Waals surface area contributed by atoms with Crippen molar-refractivity contribution >= 4 is 28.5 Å². The van der Waals surface area contributed by atoms with Crippen LogP contribution >= 0.6 is 0 Å². The second-order valence-corrected chi connectivity index (χ2v) is 6.01. The van der Waals surface area contributed by atoms with Crippen LogP contribution in [0.1, 0.15) is 15.9 Å². The van der Waals surface area contributed by atoms with Crippen LogP contribution in [-0.4, -0.2) is 44.6 Å². The Kier molecular flexibility index (Phi) is 4.40. The minimum Gasteiger partial charge on any atom is -0.497 e. The van der Waals surface area contributed by atoms with Gasteiger partial charge in [-0.05, 0) is 18.2 Å². The fourth-order valence-corrected chi connectivity index (χ4v) is 2.96. The maximum atomic E-state index is 11.2. The van der Waals surface area contributed by atoms with Crippen molar-refractivity contribution in [3.63, 3.8) is 0 Å². The summed E-state index contributed by atoms with van der Waals surface area (Å²) in [5.74, 6) is 0.942. The van der Waals surface area contributed by atoms with Gasteiger partial charge in [0.25, 0.3) is 0 Å². The number of aromatic carboxylic acids is 1. The molecule has 9 heteroatoms. The minimum absolute atomic E-state index is 0.0907. The van der Waals surface area contributed by atoms with Crippen LogP contribution in [0.4, 0.5) is 5.82 Å². The molecule has 0 saturated carbocycles. The highest BCUT2D eigenvalue weighted by Crippen LogP contribution is 2.26. The number of nitrogens with zero attached hydrogens (tertiary/aromatic N) is 4. The molecule has 0 unspecified atom stereocenters. The lowest BCUT2D eigenvalue weighted by Gasteiger charge is -2.13. The number of pyridine rings is 1. The van der Waals surface area contributed by atoms with Gasteiger partial charge in [-0.1, -0.05) is 0 Å². The van der Waals surface area contributed by atoms with E-state index in [1.54, 1.807) is 31.1 Å². The zero-order valence-electron chi connectivity index (χ0n) is 15.2. The number of carboxylic acid groups (broad SMARTS) is 1. The summed E-state index contributed by atoms with van der Waals surface area (Å²) in [7, 11) is 3.20. The van der Waals surface area contributed by atoms with E-state index in [2.05, 4.69) is 20.3 Å². The van der Waals surface area contributed by atoms with E-state index in [1.165, 1.54) is 12.3 Å². The number of hydrogen-bond donors (Lipinski definition) is 2. The first kappa shape index (κ1) is 17.5. The van der Waals surface area contributed by atoms with Crippen molar-refractivity contribution in [1.82, 2.24) is 19.4 Å². The van der Waals surface area contributed by atoms with E-state index in [0.29, 0.717) is 40.5 Å². The van der Waals surface area contributed by atoms with Crippen molar-refractivity contribution < 1.29 is 19.4 Å². The second kappa shape index (κ2) is 7.03.